The van der Waals surface area contributed by atoms with Crippen molar-refractivity contribution in [3.8, 4) is 0 Å². The number of nitrogens with one attached hydrogen (secondary N) is 1. The molecule has 1 fully saturated rings. The van der Waals surface area contributed by atoms with Crippen LogP contribution in [0.1, 0.15) is 54.0 Å². The van der Waals surface area contributed by atoms with Crippen LogP contribution in [-0.2, 0) is 25.5 Å². The molecule has 0 radical (unpaired) electrons. The fourth-order valence-electron chi connectivity index (χ4n) is 2.91. The molecule has 32 heavy (non-hydrogen) atoms. The Kier molecular flexibility index (Phi) is 7.06. The van der Waals surface area contributed by atoms with Gasteiger partial charge in [-0.3, -0.25) is 0 Å². The molecule has 0 spiro atoms. The van der Waals surface area contributed by atoms with Crippen molar-refractivity contribution in [2.45, 2.75) is 71.8 Å². The first-order chi connectivity index (χ1) is 14.6. The van der Waals surface area contributed by atoms with Gasteiger partial charge in [-0.05, 0) is 54.0 Å². The van der Waals surface area contributed by atoms with E-state index in [0.717, 1.165) is 10.6 Å². The summed E-state index contributed by atoms with van der Waals surface area (Å²) in [5.74, 6) is -1.01. The number of hydrazine groups is 1. The van der Waals surface area contributed by atoms with Crippen molar-refractivity contribution in [2.75, 3.05) is 6.54 Å². The second kappa shape index (κ2) is 9.05. The number of ether oxygens (including phenoxy) is 3. The molecule has 1 aromatic carbocycles. The molecule has 1 N–H and O–H groups in total. The zero-order valence-electron chi connectivity index (χ0n) is 19.6. The Hall–Kier alpha value is -3.30. The molecule has 3 amide bonds. The Labute approximate surface area is 187 Å². The number of benzene rings is 1. The largest absolute Gasteiger partial charge is 0.443 e. The lowest BCUT2D eigenvalue weighted by Gasteiger charge is -2.43. The van der Waals surface area contributed by atoms with Crippen molar-refractivity contribution in [3.05, 3.63) is 35.9 Å². The summed E-state index contributed by atoms with van der Waals surface area (Å²) in [4.78, 5) is 51.9. The van der Waals surface area contributed by atoms with E-state index in [1.54, 1.807) is 41.5 Å². The molecule has 0 bridgehead atoms. The number of hydrogen-bond donors (Lipinski definition) is 1. The van der Waals surface area contributed by atoms with Crippen molar-refractivity contribution >= 4 is 24.2 Å². The van der Waals surface area contributed by atoms with Crippen molar-refractivity contribution in [1.82, 2.24) is 15.3 Å². The first-order valence-corrected chi connectivity index (χ1v) is 10.2. The highest BCUT2D eigenvalue weighted by Gasteiger charge is 2.53. The summed E-state index contributed by atoms with van der Waals surface area (Å²) in [5.41, 5.74) is -0.456. The van der Waals surface area contributed by atoms with E-state index in [4.69, 9.17) is 14.2 Å². The van der Waals surface area contributed by atoms with Gasteiger partial charge in [-0.25, -0.2) is 24.6 Å². The van der Waals surface area contributed by atoms with Crippen LogP contribution in [-0.4, -0.2) is 57.4 Å². The van der Waals surface area contributed by atoms with Crippen molar-refractivity contribution in [3.63, 3.8) is 0 Å². The average molecular weight is 450 g/mol. The van der Waals surface area contributed by atoms with E-state index >= 15 is 0 Å². The molecule has 1 aliphatic rings. The topological polar surface area (TPSA) is 114 Å². The third-order valence-electron chi connectivity index (χ3n) is 4.26. The number of amides is 3. The van der Waals surface area contributed by atoms with Crippen molar-refractivity contribution in [1.29, 1.82) is 0 Å². The summed E-state index contributed by atoms with van der Waals surface area (Å²) in [7, 11) is 0. The fourth-order valence-corrected chi connectivity index (χ4v) is 2.91. The van der Waals surface area contributed by atoms with Gasteiger partial charge in [-0.2, -0.15) is 5.01 Å². The summed E-state index contributed by atoms with van der Waals surface area (Å²) >= 11 is 0. The zero-order chi connectivity index (χ0) is 24.3. The Morgan fingerprint density at radius 3 is 2.16 bits per heavy atom. The van der Waals surface area contributed by atoms with Gasteiger partial charge in [-0.1, -0.05) is 30.3 Å². The predicted octanol–water partition coefficient (Wildman–Crippen LogP) is 3.60. The van der Waals surface area contributed by atoms with Crippen LogP contribution in [0.3, 0.4) is 0 Å². The molecule has 1 aliphatic heterocycles. The van der Waals surface area contributed by atoms with E-state index in [9.17, 15) is 19.2 Å². The number of carbonyl (C=O) groups excluding carboxylic acids is 4. The first-order valence-electron chi connectivity index (χ1n) is 10.2. The maximum atomic E-state index is 13.0. The number of nitrogens with zero attached hydrogens (tertiary/aromatic N) is 2. The second-order valence-electron chi connectivity index (χ2n) is 9.70. The maximum absolute atomic E-state index is 13.0. The molecule has 10 heteroatoms. The lowest BCUT2D eigenvalue weighted by Crippen LogP contribution is -2.70. The average Bonchev–Trinajstić information content (AvgIpc) is 2.62. The molecule has 1 aromatic rings. The molecule has 0 saturated carbocycles. The molecule has 2 rings (SSSR count). The van der Waals surface area contributed by atoms with Crippen molar-refractivity contribution in [2.24, 2.45) is 0 Å². The van der Waals surface area contributed by atoms with Crippen LogP contribution in [0.25, 0.3) is 0 Å². The molecule has 1 heterocycles. The van der Waals surface area contributed by atoms with Crippen LogP contribution < -0.4 is 5.43 Å². The molecular weight excluding hydrogens is 418 g/mol. The second-order valence-corrected chi connectivity index (χ2v) is 9.70. The fraction of sp³-hybridized carbons (Fsp3) is 0.545. The summed E-state index contributed by atoms with van der Waals surface area (Å²) in [6, 6.07) is 9.08. The van der Waals surface area contributed by atoms with Gasteiger partial charge in [-0.15, -0.1) is 0 Å². The lowest BCUT2D eigenvalue weighted by atomic mass is 9.99. The predicted molar refractivity (Wildman–Crippen MR) is 114 cm³/mol. The smallest absolute Gasteiger partial charge is 0.430 e. The number of rotatable bonds is 3. The Morgan fingerprint density at radius 1 is 1.06 bits per heavy atom. The van der Waals surface area contributed by atoms with Gasteiger partial charge in [0.2, 0.25) is 0 Å². The molecule has 0 unspecified atom stereocenters. The zero-order valence-corrected chi connectivity index (χ0v) is 19.6. The van der Waals surface area contributed by atoms with E-state index in [2.05, 4.69) is 5.43 Å². The maximum Gasteiger partial charge on any atom is 0.430 e. The molecular formula is C22H31N3O7. The molecule has 1 atom stereocenters. The van der Waals surface area contributed by atoms with Crippen LogP contribution >= 0.6 is 0 Å². The van der Waals surface area contributed by atoms with Gasteiger partial charge in [0.15, 0.2) is 5.54 Å². The van der Waals surface area contributed by atoms with Gasteiger partial charge >= 0.3 is 24.2 Å². The van der Waals surface area contributed by atoms with E-state index in [1.165, 1.54) is 11.8 Å². The highest BCUT2D eigenvalue weighted by atomic mass is 16.6. The standard InChI is InChI=1S/C22H31N3O7/c1-20(2,3)31-17(27)23-25(19(29)32-21(4,5)6)22(7)14-24(18(28)30-16(22)26)13-15-11-9-8-10-12-15/h8-12H,13-14H2,1-7H3,(H,23,27)/t22-/m1/s1. The van der Waals surface area contributed by atoms with Gasteiger partial charge in [0, 0.05) is 6.54 Å². The quantitative estimate of drug-likeness (QED) is 0.324. The summed E-state index contributed by atoms with van der Waals surface area (Å²) in [5, 5.41) is 0.721. The van der Waals surface area contributed by atoms with Crippen molar-refractivity contribution < 1.29 is 33.4 Å². The van der Waals surface area contributed by atoms with E-state index in [0.29, 0.717) is 0 Å². The minimum absolute atomic E-state index is 0.136. The minimum atomic E-state index is -1.78. The Bertz CT molecular complexity index is 874. The van der Waals surface area contributed by atoms with Crippen LogP contribution in [0.5, 0.6) is 0 Å². The highest BCUT2D eigenvalue weighted by Crippen LogP contribution is 2.26. The Balaban J connectivity index is 2.36. The molecule has 176 valence electrons. The van der Waals surface area contributed by atoms with E-state index < -0.39 is 41.0 Å². The summed E-state index contributed by atoms with van der Waals surface area (Å²) in [6.07, 6.45) is -2.82. The Morgan fingerprint density at radius 2 is 1.62 bits per heavy atom. The molecule has 0 aliphatic carbocycles. The third kappa shape index (κ3) is 6.60. The first kappa shape index (κ1) is 25.0. The van der Waals surface area contributed by atoms with E-state index in [1.807, 2.05) is 30.3 Å². The third-order valence-corrected chi connectivity index (χ3v) is 4.26. The minimum Gasteiger partial charge on any atom is -0.443 e. The van der Waals surface area contributed by atoms with Crippen LogP contribution in [0.2, 0.25) is 0 Å². The molecule has 0 aromatic heterocycles. The highest BCUT2D eigenvalue weighted by molar-refractivity contribution is 5.96. The van der Waals surface area contributed by atoms with Gasteiger partial charge < -0.3 is 19.1 Å². The van der Waals surface area contributed by atoms with Crippen LogP contribution in [0.4, 0.5) is 14.4 Å². The lowest BCUT2D eigenvalue weighted by molar-refractivity contribution is -0.160. The monoisotopic (exact) mass is 449 g/mol. The number of carbonyl (C=O) groups is 4. The molecule has 1 saturated heterocycles. The van der Waals surface area contributed by atoms with Gasteiger partial charge in [0.25, 0.3) is 0 Å². The summed E-state index contributed by atoms with van der Waals surface area (Å²) < 4.78 is 15.6. The van der Waals surface area contributed by atoms with Gasteiger partial charge in [0.05, 0.1) is 6.54 Å². The number of hydrogen-bond acceptors (Lipinski definition) is 7. The molecule has 10 nitrogen and oxygen atoms in total. The van der Waals surface area contributed by atoms with Crippen LogP contribution in [0.15, 0.2) is 30.3 Å². The van der Waals surface area contributed by atoms with Crippen LogP contribution in [0, 0.1) is 0 Å². The van der Waals surface area contributed by atoms with E-state index in [-0.39, 0.29) is 13.1 Å². The summed E-state index contributed by atoms with van der Waals surface area (Å²) in [6.45, 7) is 11.2. The number of cyclic esters (lactones) is 2. The normalized spacial score (nSPS) is 19.2. The number of esters is 1. The SMILES string of the molecule is CC(C)(C)OC(=O)NN(C(=O)OC(C)(C)C)[C@]1(C)CN(Cc2ccccc2)C(=O)OC1=O. The van der Waals surface area contributed by atoms with Gasteiger partial charge in [0.1, 0.15) is 11.2 Å².